The molecular formula is C16H20F3N3. The minimum absolute atomic E-state index is 0.0403. The van der Waals surface area contributed by atoms with E-state index < -0.39 is 11.7 Å². The summed E-state index contributed by atoms with van der Waals surface area (Å²) in [5.41, 5.74) is -0.487. The van der Waals surface area contributed by atoms with Gasteiger partial charge in [-0.05, 0) is 44.1 Å². The molecule has 0 N–H and O–H groups in total. The molecule has 0 amide bonds. The third-order valence-corrected chi connectivity index (χ3v) is 3.90. The Bertz CT molecular complexity index is 549. The van der Waals surface area contributed by atoms with E-state index in [1.807, 2.05) is 0 Å². The van der Waals surface area contributed by atoms with E-state index in [0.29, 0.717) is 13.1 Å². The van der Waals surface area contributed by atoms with Gasteiger partial charge in [0.05, 0.1) is 17.2 Å². The number of benzene rings is 1. The van der Waals surface area contributed by atoms with E-state index in [9.17, 15) is 13.2 Å². The predicted octanol–water partition coefficient (Wildman–Crippen LogP) is 3.50. The lowest BCUT2D eigenvalue weighted by atomic mass is 10.1. The number of anilines is 1. The second-order valence-electron chi connectivity index (χ2n) is 5.52. The number of halogens is 3. The number of rotatable bonds is 3. The van der Waals surface area contributed by atoms with Crippen molar-refractivity contribution in [1.29, 1.82) is 5.26 Å². The summed E-state index contributed by atoms with van der Waals surface area (Å²) in [6, 6.07) is 5.61. The van der Waals surface area contributed by atoms with Crippen molar-refractivity contribution in [2.75, 3.05) is 37.6 Å². The molecule has 6 heteroatoms. The minimum Gasteiger partial charge on any atom is -0.370 e. The summed E-state index contributed by atoms with van der Waals surface area (Å²) in [6.07, 6.45) is -2.56. The maximum Gasteiger partial charge on any atom is 0.418 e. The van der Waals surface area contributed by atoms with Gasteiger partial charge < -0.3 is 9.80 Å². The molecule has 1 aromatic rings. The van der Waals surface area contributed by atoms with Crippen molar-refractivity contribution < 1.29 is 13.2 Å². The van der Waals surface area contributed by atoms with Gasteiger partial charge in [0.15, 0.2) is 0 Å². The molecule has 0 aromatic heterocycles. The summed E-state index contributed by atoms with van der Waals surface area (Å²) in [6.45, 7) is 5.95. The summed E-state index contributed by atoms with van der Waals surface area (Å²) in [5.74, 6) is 0. The van der Waals surface area contributed by atoms with Gasteiger partial charge in [-0.2, -0.15) is 18.4 Å². The molecular weight excluding hydrogens is 291 g/mol. The second kappa shape index (κ2) is 7.01. The summed E-state index contributed by atoms with van der Waals surface area (Å²) in [4.78, 5) is 4.08. The molecule has 0 aliphatic carbocycles. The van der Waals surface area contributed by atoms with E-state index in [0.717, 1.165) is 38.5 Å². The third kappa shape index (κ3) is 3.92. The molecule has 1 aliphatic rings. The first-order valence-corrected chi connectivity index (χ1v) is 7.54. The van der Waals surface area contributed by atoms with Crippen molar-refractivity contribution in [2.24, 2.45) is 0 Å². The maximum absolute atomic E-state index is 13.3. The van der Waals surface area contributed by atoms with E-state index in [1.54, 1.807) is 11.0 Å². The first-order chi connectivity index (χ1) is 10.5. The van der Waals surface area contributed by atoms with Crippen LogP contribution in [0.25, 0.3) is 0 Å². The summed E-state index contributed by atoms with van der Waals surface area (Å²) < 4.78 is 39.8. The molecule has 0 bridgehead atoms. The molecule has 0 radical (unpaired) electrons. The molecule has 120 valence electrons. The monoisotopic (exact) mass is 311 g/mol. The van der Waals surface area contributed by atoms with Gasteiger partial charge in [0, 0.05) is 25.3 Å². The highest BCUT2D eigenvalue weighted by atomic mass is 19.4. The van der Waals surface area contributed by atoms with Crippen LogP contribution in [0.3, 0.4) is 0 Å². The average Bonchev–Trinajstić information content (AvgIpc) is 2.72. The van der Waals surface area contributed by atoms with Crippen molar-refractivity contribution in [3.05, 3.63) is 29.3 Å². The smallest absolute Gasteiger partial charge is 0.370 e. The number of nitriles is 1. The lowest BCUT2D eigenvalue weighted by molar-refractivity contribution is -0.137. The van der Waals surface area contributed by atoms with E-state index in [1.165, 1.54) is 12.1 Å². The van der Waals surface area contributed by atoms with Crippen molar-refractivity contribution in [1.82, 2.24) is 4.90 Å². The molecule has 1 aromatic carbocycles. The number of hydrogen-bond acceptors (Lipinski definition) is 3. The zero-order valence-electron chi connectivity index (χ0n) is 12.7. The maximum atomic E-state index is 13.3. The topological polar surface area (TPSA) is 30.3 Å². The lowest BCUT2D eigenvalue weighted by Gasteiger charge is -2.26. The highest BCUT2D eigenvalue weighted by Crippen LogP contribution is 2.37. The molecule has 1 heterocycles. The summed E-state index contributed by atoms with van der Waals surface area (Å²) in [5, 5.41) is 8.83. The predicted molar refractivity (Wildman–Crippen MR) is 79.7 cm³/mol. The molecule has 3 nitrogen and oxygen atoms in total. The molecule has 1 aliphatic heterocycles. The average molecular weight is 311 g/mol. The summed E-state index contributed by atoms with van der Waals surface area (Å²) in [7, 11) is 0. The normalized spacial score (nSPS) is 17.1. The largest absolute Gasteiger partial charge is 0.418 e. The van der Waals surface area contributed by atoms with Crippen LogP contribution in [0, 0.1) is 11.3 Å². The fourth-order valence-electron chi connectivity index (χ4n) is 2.86. The van der Waals surface area contributed by atoms with Crippen LogP contribution < -0.4 is 4.90 Å². The fraction of sp³-hybridized carbons (Fsp3) is 0.562. The fourth-order valence-corrected chi connectivity index (χ4v) is 2.86. The van der Waals surface area contributed by atoms with Gasteiger partial charge in [-0.15, -0.1) is 0 Å². The number of hydrogen-bond donors (Lipinski definition) is 0. The van der Waals surface area contributed by atoms with Crippen LogP contribution in [0.4, 0.5) is 18.9 Å². The van der Waals surface area contributed by atoms with Crippen molar-refractivity contribution in [3.63, 3.8) is 0 Å². The van der Waals surface area contributed by atoms with Gasteiger partial charge in [-0.1, -0.05) is 6.92 Å². The molecule has 22 heavy (non-hydrogen) atoms. The van der Waals surface area contributed by atoms with Crippen molar-refractivity contribution >= 4 is 5.69 Å². The van der Waals surface area contributed by atoms with Crippen LogP contribution in [0.1, 0.15) is 30.9 Å². The van der Waals surface area contributed by atoms with Gasteiger partial charge >= 0.3 is 6.18 Å². The van der Waals surface area contributed by atoms with Gasteiger partial charge in [-0.25, -0.2) is 0 Å². The molecule has 1 fully saturated rings. The van der Waals surface area contributed by atoms with Crippen molar-refractivity contribution in [2.45, 2.75) is 25.9 Å². The number of alkyl halides is 3. The molecule has 2 rings (SSSR count). The Morgan fingerprint density at radius 3 is 2.59 bits per heavy atom. The van der Waals surface area contributed by atoms with E-state index >= 15 is 0 Å². The Hall–Kier alpha value is -1.74. The van der Waals surface area contributed by atoms with Gasteiger partial charge in [0.25, 0.3) is 0 Å². The summed E-state index contributed by atoms with van der Waals surface area (Å²) >= 11 is 0. The van der Waals surface area contributed by atoms with Crippen LogP contribution in [0.5, 0.6) is 0 Å². The molecule has 0 unspecified atom stereocenters. The Morgan fingerprint density at radius 1 is 1.18 bits per heavy atom. The third-order valence-electron chi connectivity index (χ3n) is 3.90. The van der Waals surface area contributed by atoms with Crippen LogP contribution in [-0.2, 0) is 6.18 Å². The zero-order chi connectivity index (χ0) is 16.2. The number of nitrogens with zero attached hydrogens (tertiary/aromatic N) is 3. The van der Waals surface area contributed by atoms with E-state index in [4.69, 9.17) is 5.26 Å². The Kier molecular flexibility index (Phi) is 5.30. The molecule has 1 saturated heterocycles. The first kappa shape index (κ1) is 16.6. The van der Waals surface area contributed by atoms with Gasteiger partial charge in [0.1, 0.15) is 0 Å². The Labute approximate surface area is 128 Å². The van der Waals surface area contributed by atoms with Crippen LogP contribution in [0.2, 0.25) is 0 Å². The van der Waals surface area contributed by atoms with E-state index in [2.05, 4.69) is 11.8 Å². The van der Waals surface area contributed by atoms with E-state index in [-0.39, 0.29) is 11.3 Å². The first-order valence-electron chi connectivity index (χ1n) is 7.54. The van der Waals surface area contributed by atoms with Crippen LogP contribution in [0.15, 0.2) is 18.2 Å². The lowest BCUT2D eigenvalue weighted by Crippen LogP contribution is -2.32. The zero-order valence-corrected chi connectivity index (χ0v) is 12.7. The molecule has 0 spiro atoms. The molecule has 0 saturated carbocycles. The van der Waals surface area contributed by atoms with Crippen molar-refractivity contribution in [3.8, 4) is 6.07 Å². The van der Waals surface area contributed by atoms with Crippen LogP contribution in [-0.4, -0.2) is 37.6 Å². The Morgan fingerprint density at radius 2 is 1.95 bits per heavy atom. The van der Waals surface area contributed by atoms with Crippen LogP contribution >= 0.6 is 0 Å². The van der Waals surface area contributed by atoms with Gasteiger partial charge in [0.2, 0.25) is 0 Å². The SMILES string of the molecule is CCCN1CCCN(c2ccc(C#N)cc2C(F)(F)F)CC1. The standard InChI is InChI=1S/C16H20F3N3/c1-2-6-21-7-3-8-22(10-9-21)15-5-4-13(12-20)11-14(15)16(17,18)19/h4-5,11H,2-3,6-10H2,1H3. The van der Waals surface area contributed by atoms with Gasteiger partial charge in [-0.3, -0.25) is 0 Å². The highest BCUT2D eigenvalue weighted by Gasteiger charge is 2.35. The quantitative estimate of drug-likeness (QED) is 0.856. The highest BCUT2D eigenvalue weighted by molar-refractivity contribution is 5.58. The minimum atomic E-state index is -4.45. The molecule has 0 atom stereocenters. The Balaban J connectivity index is 2.26. The second-order valence-corrected chi connectivity index (χ2v) is 5.52.